The fraction of sp³-hybridized carbons (Fsp3) is 0.192. The first-order chi connectivity index (χ1) is 14.6. The molecule has 3 aromatic carbocycles. The fourth-order valence-corrected chi connectivity index (χ4v) is 3.89. The van der Waals surface area contributed by atoms with E-state index in [0.29, 0.717) is 13.2 Å². The molecule has 0 saturated carbocycles. The highest BCUT2D eigenvalue weighted by atomic mass is 16.5. The lowest BCUT2D eigenvalue weighted by Gasteiger charge is -2.14. The van der Waals surface area contributed by atoms with Gasteiger partial charge in [-0.1, -0.05) is 72.8 Å². The highest BCUT2D eigenvalue weighted by molar-refractivity contribution is 5.79. The van der Waals surface area contributed by atoms with Crippen molar-refractivity contribution in [2.24, 2.45) is 0 Å². The first kappa shape index (κ1) is 19.8. The van der Waals surface area contributed by atoms with Crippen LogP contribution in [0.25, 0.3) is 17.2 Å². The molecule has 0 aromatic heterocycles. The Hall–Kier alpha value is -3.53. The first-order valence-corrected chi connectivity index (χ1v) is 10.2. The molecule has 0 bridgehead atoms. The molecule has 1 amide bonds. The van der Waals surface area contributed by atoms with Gasteiger partial charge in [0.05, 0.1) is 0 Å². The van der Waals surface area contributed by atoms with E-state index in [9.17, 15) is 4.79 Å². The Bertz CT molecular complexity index is 1040. The SMILES string of the molecule is Cc1ccc(C=CCCNC(=O)OCC2c3ccccc3-c3ccccc32)cc1N. The Morgan fingerprint density at radius 2 is 1.70 bits per heavy atom. The third-order valence-corrected chi connectivity index (χ3v) is 5.54. The van der Waals surface area contributed by atoms with Gasteiger partial charge >= 0.3 is 6.09 Å². The molecule has 152 valence electrons. The Morgan fingerprint density at radius 1 is 1.03 bits per heavy atom. The minimum atomic E-state index is -0.384. The van der Waals surface area contributed by atoms with Crippen molar-refractivity contribution in [3.63, 3.8) is 0 Å². The second-order valence-electron chi connectivity index (χ2n) is 7.56. The molecule has 4 nitrogen and oxygen atoms in total. The molecule has 0 unspecified atom stereocenters. The second-order valence-corrected chi connectivity index (χ2v) is 7.56. The lowest BCUT2D eigenvalue weighted by molar-refractivity contribution is 0.143. The molecule has 4 heteroatoms. The largest absolute Gasteiger partial charge is 0.449 e. The van der Waals surface area contributed by atoms with Crippen molar-refractivity contribution in [1.29, 1.82) is 0 Å². The quantitative estimate of drug-likeness (QED) is 0.424. The van der Waals surface area contributed by atoms with Crippen LogP contribution in [-0.4, -0.2) is 19.2 Å². The number of nitrogen functional groups attached to an aromatic ring is 1. The van der Waals surface area contributed by atoms with Crippen LogP contribution in [0.5, 0.6) is 0 Å². The maximum Gasteiger partial charge on any atom is 0.407 e. The molecule has 0 radical (unpaired) electrons. The minimum Gasteiger partial charge on any atom is -0.449 e. The van der Waals surface area contributed by atoms with E-state index in [1.54, 1.807) is 0 Å². The number of carbonyl (C=O) groups excluding carboxylic acids is 1. The Morgan fingerprint density at radius 3 is 2.37 bits per heavy atom. The highest BCUT2D eigenvalue weighted by Crippen LogP contribution is 2.44. The number of hydrogen-bond donors (Lipinski definition) is 2. The van der Waals surface area contributed by atoms with Crippen molar-refractivity contribution in [1.82, 2.24) is 5.32 Å². The molecular formula is C26H26N2O2. The van der Waals surface area contributed by atoms with Crippen molar-refractivity contribution < 1.29 is 9.53 Å². The number of amides is 1. The van der Waals surface area contributed by atoms with Crippen molar-refractivity contribution in [3.05, 3.63) is 95.1 Å². The third-order valence-electron chi connectivity index (χ3n) is 5.54. The molecule has 0 aliphatic heterocycles. The van der Waals surface area contributed by atoms with Crippen LogP contribution in [0.1, 0.15) is 34.6 Å². The zero-order valence-corrected chi connectivity index (χ0v) is 17.1. The summed E-state index contributed by atoms with van der Waals surface area (Å²) in [6.07, 6.45) is 4.37. The summed E-state index contributed by atoms with van der Waals surface area (Å²) in [5.41, 5.74) is 13.7. The number of benzene rings is 3. The van der Waals surface area contributed by atoms with Crippen LogP contribution in [0.3, 0.4) is 0 Å². The second kappa shape index (κ2) is 8.87. The predicted molar refractivity (Wildman–Crippen MR) is 122 cm³/mol. The maximum absolute atomic E-state index is 12.2. The number of nitrogens with one attached hydrogen (secondary N) is 1. The Labute approximate surface area is 177 Å². The number of carbonyl (C=O) groups is 1. The molecule has 0 fully saturated rings. The van der Waals surface area contributed by atoms with Crippen LogP contribution >= 0.6 is 0 Å². The average molecular weight is 399 g/mol. The van der Waals surface area contributed by atoms with E-state index in [-0.39, 0.29) is 12.0 Å². The lowest BCUT2D eigenvalue weighted by Crippen LogP contribution is -2.26. The van der Waals surface area contributed by atoms with E-state index < -0.39 is 0 Å². The molecule has 0 atom stereocenters. The molecule has 1 aliphatic rings. The molecule has 4 rings (SSSR count). The van der Waals surface area contributed by atoms with Crippen molar-refractivity contribution in [3.8, 4) is 11.1 Å². The number of hydrogen-bond acceptors (Lipinski definition) is 3. The van der Waals surface area contributed by atoms with E-state index in [4.69, 9.17) is 10.5 Å². The van der Waals surface area contributed by atoms with Gasteiger partial charge in [0.2, 0.25) is 0 Å². The molecular weight excluding hydrogens is 372 g/mol. The van der Waals surface area contributed by atoms with Crippen molar-refractivity contribution >= 4 is 17.9 Å². The smallest absolute Gasteiger partial charge is 0.407 e. The standard InChI is InChI=1S/C26H26N2O2/c1-18-13-14-19(16-25(18)27)8-6-7-15-28-26(29)30-17-24-22-11-4-2-9-20(22)21-10-3-5-12-23(21)24/h2-6,8-14,16,24H,7,15,17,27H2,1H3,(H,28,29). The maximum atomic E-state index is 12.2. The van der Waals surface area contributed by atoms with Gasteiger partial charge in [-0.3, -0.25) is 0 Å². The number of fused-ring (bicyclic) bond motifs is 3. The van der Waals surface area contributed by atoms with Crippen molar-refractivity contribution in [2.75, 3.05) is 18.9 Å². The zero-order valence-electron chi connectivity index (χ0n) is 17.1. The van der Waals surface area contributed by atoms with Gasteiger partial charge in [0.25, 0.3) is 0 Å². The molecule has 1 aliphatic carbocycles. The molecule has 0 heterocycles. The normalized spacial score (nSPS) is 12.6. The summed E-state index contributed by atoms with van der Waals surface area (Å²) in [7, 11) is 0. The highest BCUT2D eigenvalue weighted by Gasteiger charge is 2.28. The summed E-state index contributed by atoms with van der Waals surface area (Å²) in [6, 6.07) is 22.6. The number of alkyl carbamates (subject to hydrolysis) is 1. The van der Waals surface area contributed by atoms with Gasteiger partial charge in [-0.05, 0) is 52.8 Å². The van der Waals surface area contributed by atoms with Gasteiger partial charge in [0.15, 0.2) is 0 Å². The van der Waals surface area contributed by atoms with Crippen LogP contribution < -0.4 is 11.1 Å². The van der Waals surface area contributed by atoms with Gasteiger partial charge in [0, 0.05) is 18.2 Å². The van der Waals surface area contributed by atoms with E-state index in [2.05, 4.69) is 29.6 Å². The van der Waals surface area contributed by atoms with E-state index in [0.717, 1.165) is 23.2 Å². The minimum absolute atomic E-state index is 0.0787. The number of ether oxygens (including phenoxy) is 1. The molecule has 0 saturated heterocycles. The Kier molecular flexibility index (Phi) is 5.84. The summed E-state index contributed by atoms with van der Waals surface area (Å²) >= 11 is 0. The lowest BCUT2D eigenvalue weighted by atomic mass is 9.98. The molecule has 30 heavy (non-hydrogen) atoms. The number of rotatable bonds is 6. The summed E-state index contributed by atoms with van der Waals surface area (Å²) in [5, 5.41) is 2.82. The van der Waals surface area contributed by atoms with Gasteiger partial charge in [-0.2, -0.15) is 0 Å². The van der Waals surface area contributed by atoms with E-state index in [1.807, 2.05) is 61.5 Å². The zero-order chi connectivity index (χ0) is 20.9. The topological polar surface area (TPSA) is 64.3 Å². The van der Waals surface area contributed by atoms with Crippen LogP contribution in [0, 0.1) is 6.92 Å². The number of nitrogens with two attached hydrogens (primary N) is 1. The van der Waals surface area contributed by atoms with Crippen LogP contribution in [0.2, 0.25) is 0 Å². The van der Waals surface area contributed by atoms with Gasteiger partial charge in [-0.25, -0.2) is 4.79 Å². The third kappa shape index (κ3) is 4.23. The molecule has 3 N–H and O–H groups in total. The average Bonchev–Trinajstić information content (AvgIpc) is 3.08. The summed E-state index contributed by atoms with van der Waals surface area (Å²) in [4.78, 5) is 12.2. The van der Waals surface area contributed by atoms with E-state index >= 15 is 0 Å². The van der Waals surface area contributed by atoms with E-state index in [1.165, 1.54) is 22.3 Å². The van der Waals surface area contributed by atoms with Gasteiger partial charge in [0.1, 0.15) is 6.61 Å². The predicted octanol–water partition coefficient (Wildman–Crippen LogP) is 5.52. The van der Waals surface area contributed by atoms with Crippen LogP contribution in [0.4, 0.5) is 10.5 Å². The van der Waals surface area contributed by atoms with Crippen LogP contribution in [0.15, 0.2) is 72.8 Å². The fourth-order valence-electron chi connectivity index (χ4n) is 3.89. The summed E-state index contributed by atoms with van der Waals surface area (Å²) < 4.78 is 5.54. The summed E-state index contributed by atoms with van der Waals surface area (Å²) in [6.45, 7) is 2.84. The molecule has 0 spiro atoms. The van der Waals surface area contributed by atoms with Gasteiger partial charge < -0.3 is 15.8 Å². The molecule has 3 aromatic rings. The van der Waals surface area contributed by atoms with Crippen LogP contribution in [-0.2, 0) is 4.74 Å². The Balaban J connectivity index is 1.27. The summed E-state index contributed by atoms with van der Waals surface area (Å²) in [5.74, 6) is 0.0787. The van der Waals surface area contributed by atoms with Crippen molar-refractivity contribution in [2.45, 2.75) is 19.3 Å². The number of anilines is 1. The first-order valence-electron chi connectivity index (χ1n) is 10.2. The number of aryl methyl sites for hydroxylation is 1. The monoisotopic (exact) mass is 398 g/mol. The van der Waals surface area contributed by atoms with Gasteiger partial charge in [-0.15, -0.1) is 0 Å².